The molecule has 0 unspecified atom stereocenters. The van der Waals surface area contributed by atoms with Crippen molar-refractivity contribution in [3.63, 3.8) is 0 Å². The van der Waals surface area contributed by atoms with E-state index in [2.05, 4.69) is 16.5 Å². The highest BCUT2D eigenvalue weighted by atomic mass is 35.5. The lowest BCUT2D eigenvalue weighted by Crippen LogP contribution is -2.60. The molecule has 4 atom stereocenters. The minimum absolute atomic E-state index is 0.0747. The smallest absolute Gasteiger partial charge is 0.240 e. The lowest BCUT2D eigenvalue weighted by atomic mass is 9.61. The van der Waals surface area contributed by atoms with E-state index in [0.29, 0.717) is 22.4 Å². The van der Waals surface area contributed by atoms with Gasteiger partial charge in [-0.3, -0.25) is 4.79 Å². The maximum absolute atomic E-state index is 13.2. The lowest BCUT2D eigenvalue weighted by molar-refractivity contribution is -0.138. The summed E-state index contributed by atoms with van der Waals surface area (Å²) >= 11 is 12.1. The van der Waals surface area contributed by atoms with Crippen molar-refractivity contribution >= 4 is 39.1 Å². The van der Waals surface area contributed by atoms with Gasteiger partial charge in [0.15, 0.2) is 0 Å². The summed E-state index contributed by atoms with van der Waals surface area (Å²) < 4.78 is 29.3. The Bertz CT molecular complexity index is 903. The largest absolute Gasteiger partial charge is 0.337 e. The highest BCUT2D eigenvalue weighted by Gasteiger charge is 2.56. The number of hydrogen-bond acceptors (Lipinski definition) is 3. The van der Waals surface area contributed by atoms with Gasteiger partial charge in [-0.2, -0.15) is 0 Å². The van der Waals surface area contributed by atoms with E-state index in [0.717, 1.165) is 57.9 Å². The molecule has 1 aromatic rings. The zero-order valence-corrected chi connectivity index (χ0v) is 19.7. The molecule has 3 aliphatic rings. The molecule has 166 valence electrons. The number of benzene rings is 1. The summed E-state index contributed by atoms with van der Waals surface area (Å²) in [6.45, 7) is 3.00. The first-order valence-electron chi connectivity index (χ1n) is 11.1. The molecule has 5 nitrogen and oxygen atoms in total. The molecule has 3 fully saturated rings. The number of carbonyl (C=O) groups excluding carboxylic acids is 1. The standard InChI is InChI=1S/C22H30Cl2N2O3S/c1-2-5-18-19-6-3-7-21(27)26-11-4-9-22(19,26)10-8-20(18)25-30(28,29)17-13-15(23)12-16(24)14-17/h12-14,18-20,25H,2-11H2,1H3/t18-,19+,20+,22-/m1/s1. The van der Waals surface area contributed by atoms with Crippen molar-refractivity contribution in [3.05, 3.63) is 28.2 Å². The number of nitrogens with one attached hydrogen (secondary N) is 1. The number of amides is 1. The Kier molecular flexibility index (Phi) is 6.42. The van der Waals surface area contributed by atoms with Gasteiger partial charge in [-0.05, 0) is 75.0 Å². The zero-order chi connectivity index (χ0) is 21.5. The molecule has 1 spiro atoms. The summed E-state index contributed by atoms with van der Waals surface area (Å²) in [5.41, 5.74) is -0.0747. The topological polar surface area (TPSA) is 66.5 Å². The average Bonchev–Trinajstić information content (AvgIpc) is 3.04. The van der Waals surface area contributed by atoms with Crippen LogP contribution in [0.4, 0.5) is 0 Å². The highest BCUT2D eigenvalue weighted by Crippen LogP contribution is 2.52. The van der Waals surface area contributed by atoms with E-state index in [-0.39, 0.29) is 28.3 Å². The number of nitrogens with zero attached hydrogens (tertiary/aromatic N) is 1. The van der Waals surface area contributed by atoms with Gasteiger partial charge in [-0.1, -0.05) is 36.5 Å². The number of carbonyl (C=O) groups is 1. The van der Waals surface area contributed by atoms with Gasteiger partial charge in [0.25, 0.3) is 0 Å². The van der Waals surface area contributed by atoms with E-state index < -0.39 is 10.0 Å². The quantitative estimate of drug-likeness (QED) is 0.654. The van der Waals surface area contributed by atoms with E-state index in [9.17, 15) is 13.2 Å². The van der Waals surface area contributed by atoms with Crippen molar-refractivity contribution < 1.29 is 13.2 Å². The third kappa shape index (κ3) is 4.01. The second kappa shape index (κ2) is 8.61. The summed E-state index contributed by atoms with van der Waals surface area (Å²) in [7, 11) is -3.74. The van der Waals surface area contributed by atoms with Crippen LogP contribution in [0.5, 0.6) is 0 Å². The zero-order valence-electron chi connectivity index (χ0n) is 17.4. The molecule has 0 bridgehead atoms. The van der Waals surface area contributed by atoms with Gasteiger partial charge >= 0.3 is 0 Å². The lowest BCUT2D eigenvalue weighted by Gasteiger charge is -2.53. The van der Waals surface area contributed by atoms with Crippen molar-refractivity contribution in [2.24, 2.45) is 11.8 Å². The second-order valence-corrected chi connectivity index (χ2v) is 11.7. The van der Waals surface area contributed by atoms with Gasteiger partial charge in [-0.25, -0.2) is 13.1 Å². The fourth-order valence-corrected chi connectivity index (χ4v) is 8.37. The SMILES string of the molecule is CCC[C@H]1[C@@H](NS(=O)(=O)c2cc(Cl)cc(Cl)c2)CC[C@@]23CCCN2C(=O)CCC[C@@H]13. The summed E-state index contributed by atoms with van der Waals surface area (Å²) in [6, 6.07) is 4.28. The molecule has 2 aliphatic heterocycles. The number of hydrogen-bond donors (Lipinski definition) is 1. The van der Waals surface area contributed by atoms with E-state index in [1.54, 1.807) is 0 Å². The average molecular weight is 473 g/mol. The minimum atomic E-state index is -3.74. The predicted octanol–water partition coefficient (Wildman–Crippen LogP) is 5.01. The molecule has 1 saturated carbocycles. The van der Waals surface area contributed by atoms with Crippen LogP contribution in [-0.4, -0.2) is 37.4 Å². The first kappa shape index (κ1) is 22.4. The van der Waals surface area contributed by atoms with Crippen molar-refractivity contribution in [1.29, 1.82) is 0 Å². The van der Waals surface area contributed by atoms with Gasteiger partial charge in [0.2, 0.25) is 15.9 Å². The molecular formula is C22H30Cl2N2O3S. The monoisotopic (exact) mass is 472 g/mol. The number of sulfonamides is 1. The summed E-state index contributed by atoms with van der Waals surface area (Å²) in [6.07, 6.45) is 8.18. The molecule has 30 heavy (non-hydrogen) atoms. The van der Waals surface area contributed by atoms with Crippen LogP contribution in [-0.2, 0) is 14.8 Å². The van der Waals surface area contributed by atoms with Crippen molar-refractivity contribution in [2.45, 2.75) is 81.2 Å². The molecule has 2 heterocycles. The Morgan fingerprint density at radius 1 is 1.13 bits per heavy atom. The maximum Gasteiger partial charge on any atom is 0.240 e. The van der Waals surface area contributed by atoms with Crippen LogP contribution >= 0.6 is 23.2 Å². The molecule has 0 radical (unpaired) electrons. The van der Waals surface area contributed by atoms with Crippen LogP contribution in [0.3, 0.4) is 0 Å². The first-order chi connectivity index (χ1) is 14.3. The van der Waals surface area contributed by atoms with E-state index in [1.165, 1.54) is 18.2 Å². The third-order valence-electron chi connectivity index (χ3n) is 7.42. The van der Waals surface area contributed by atoms with E-state index in [1.807, 2.05) is 0 Å². The van der Waals surface area contributed by atoms with Crippen LogP contribution in [0, 0.1) is 11.8 Å². The first-order valence-corrected chi connectivity index (χ1v) is 13.3. The summed E-state index contributed by atoms with van der Waals surface area (Å²) in [4.78, 5) is 15.0. The predicted molar refractivity (Wildman–Crippen MR) is 119 cm³/mol. The fourth-order valence-electron chi connectivity index (χ4n) is 6.33. The normalized spacial score (nSPS) is 31.9. The highest BCUT2D eigenvalue weighted by molar-refractivity contribution is 7.89. The molecule has 1 amide bonds. The summed E-state index contributed by atoms with van der Waals surface area (Å²) in [5, 5.41) is 0.610. The number of rotatable bonds is 5. The minimum Gasteiger partial charge on any atom is -0.337 e. The molecule has 1 aromatic carbocycles. The molecule has 2 saturated heterocycles. The Morgan fingerprint density at radius 3 is 2.57 bits per heavy atom. The van der Waals surface area contributed by atoms with Gasteiger partial charge < -0.3 is 4.90 Å². The van der Waals surface area contributed by atoms with Crippen molar-refractivity contribution in [2.75, 3.05) is 6.54 Å². The van der Waals surface area contributed by atoms with Crippen LogP contribution in [0.2, 0.25) is 10.0 Å². The van der Waals surface area contributed by atoms with Crippen molar-refractivity contribution in [1.82, 2.24) is 9.62 Å². The molecule has 8 heteroatoms. The molecule has 1 aliphatic carbocycles. The van der Waals surface area contributed by atoms with Crippen LogP contribution in [0.15, 0.2) is 23.1 Å². The third-order valence-corrected chi connectivity index (χ3v) is 9.33. The van der Waals surface area contributed by atoms with Gasteiger partial charge in [0, 0.05) is 34.6 Å². The van der Waals surface area contributed by atoms with E-state index in [4.69, 9.17) is 23.2 Å². The Morgan fingerprint density at radius 2 is 1.87 bits per heavy atom. The van der Waals surface area contributed by atoms with E-state index >= 15 is 0 Å². The summed E-state index contributed by atoms with van der Waals surface area (Å²) in [5.74, 6) is 0.855. The maximum atomic E-state index is 13.2. The van der Waals surface area contributed by atoms with Crippen LogP contribution in [0.25, 0.3) is 0 Å². The Labute approximate surface area is 189 Å². The molecule has 4 rings (SSSR count). The molecule has 0 aromatic heterocycles. The van der Waals surface area contributed by atoms with Crippen molar-refractivity contribution in [3.8, 4) is 0 Å². The number of halogens is 2. The second-order valence-electron chi connectivity index (χ2n) is 9.08. The van der Waals surface area contributed by atoms with Gasteiger partial charge in [0.05, 0.1) is 4.90 Å². The fraction of sp³-hybridized carbons (Fsp3) is 0.682. The molecular weight excluding hydrogens is 443 g/mol. The van der Waals surface area contributed by atoms with Crippen LogP contribution < -0.4 is 4.72 Å². The van der Waals surface area contributed by atoms with Gasteiger partial charge in [0.1, 0.15) is 0 Å². The van der Waals surface area contributed by atoms with Gasteiger partial charge in [-0.15, -0.1) is 0 Å². The Balaban J connectivity index is 1.64. The molecule has 1 N–H and O–H groups in total. The Hall–Kier alpha value is -0.820. The van der Waals surface area contributed by atoms with Crippen LogP contribution in [0.1, 0.15) is 64.7 Å².